The van der Waals surface area contributed by atoms with Crippen LogP contribution in [-0.2, 0) is 16.2 Å². The van der Waals surface area contributed by atoms with E-state index in [0.717, 1.165) is 10.0 Å². The largest absolute Gasteiger partial charge is 0.488 e. The number of nitrogens with zero attached hydrogens (tertiary/aromatic N) is 1. The van der Waals surface area contributed by atoms with Crippen molar-refractivity contribution >= 4 is 39.6 Å². The zero-order valence-corrected chi connectivity index (χ0v) is 16.9. The van der Waals surface area contributed by atoms with Gasteiger partial charge in [0, 0.05) is 15.7 Å². The second kappa shape index (κ2) is 10.2. The van der Waals surface area contributed by atoms with Gasteiger partial charge in [0.05, 0.1) is 6.21 Å². The van der Waals surface area contributed by atoms with E-state index in [0.29, 0.717) is 23.6 Å². The molecular weight excluding hydrogens is 434 g/mol. The number of rotatable bonds is 6. The maximum atomic E-state index is 11.9. The standard InChI is InChI=1S/C22H18BrN3O3/c23-18-10-12-19(13-11-18)25-21(27)22(28)26-24-14-17-8-4-5-9-20(17)29-15-16-6-2-1-3-7-16/h1-14H,15H2,(H,25,27)(H,26,28)/b24-14-. The van der Waals surface area contributed by atoms with Gasteiger partial charge in [-0.2, -0.15) is 5.10 Å². The van der Waals surface area contributed by atoms with E-state index >= 15 is 0 Å². The first-order valence-electron chi connectivity index (χ1n) is 8.77. The second-order valence-corrected chi connectivity index (χ2v) is 6.89. The van der Waals surface area contributed by atoms with Crippen LogP contribution in [0.2, 0.25) is 0 Å². The highest BCUT2D eigenvalue weighted by atomic mass is 79.9. The molecule has 2 N–H and O–H groups in total. The maximum Gasteiger partial charge on any atom is 0.329 e. The molecule has 0 aromatic heterocycles. The van der Waals surface area contributed by atoms with Gasteiger partial charge in [-0.3, -0.25) is 9.59 Å². The predicted molar refractivity (Wildman–Crippen MR) is 116 cm³/mol. The zero-order valence-electron chi connectivity index (χ0n) is 15.3. The molecule has 0 saturated heterocycles. The van der Waals surface area contributed by atoms with Gasteiger partial charge in [0.2, 0.25) is 0 Å². The third-order valence-electron chi connectivity index (χ3n) is 3.83. The van der Waals surface area contributed by atoms with Crippen molar-refractivity contribution in [3.8, 4) is 5.75 Å². The third kappa shape index (κ3) is 6.29. The van der Waals surface area contributed by atoms with Crippen LogP contribution in [0.5, 0.6) is 5.75 Å². The molecule has 3 aromatic rings. The number of amides is 2. The number of carbonyl (C=O) groups is 2. The average Bonchev–Trinajstić information content (AvgIpc) is 2.75. The first kappa shape index (κ1) is 20.3. The lowest BCUT2D eigenvalue weighted by atomic mass is 10.2. The highest BCUT2D eigenvalue weighted by Crippen LogP contribution is 2.17. The third-order valence-corrected chi connectivity index (χ3v) is 4.36. The predicted octanol–water partition coefficient (Wildman–Crippen LogP) is 4.12. The van der Waals surface area contributed by atoms with Crippen molar-refractivity contribution in [2.45, 2.75) is 6.61 Å². The first-order chi connectivity index (χ1) is 14.1. The number of hydrogen-bond donors (Lipinski definition) is 2. The van der Waals surface area contributed by atoms with E-state index in [9.17, 15) is 9.59 Å². The molecule has 0 aliphatic rings. The van der Waals surface area contributed by atoms with E-state index in [2.05, 4.69) is 31.8 Å². The second-order valence-electron chi connectivity index (χ2n) is 5.97. The molecule has 0 saturated carbocycles. The van der Waals surface area contributed by atoms with Gasteiger partial charge in [0.25, 0.3) is 0 Å². The number of halogens is 1. The molecule has 0 bridgehead atoms. The topological polar surface area (TPSA) is 79.8 Å². The van der Waals surface area contributed by atoms with E-state index in [1.807, 2.05) is 48.5 Å². The summed E-state index contributed by atoms with van der Waals surface area (Å²) in [5.41, 5.74) is 4.45. The molecule has 0 unspecified atom stereocenters. The molecule has 3 aromatic carbocycles. The summed E-state index contributed by atoms with van der Waals surface area (Å²) in [5, 5.41) is 6.36. The Bertz CT molecular complexity index is 1010. The fourth-order valence-corrected chi connectivity index (χ4v) is 2.65. The molecule has 0 radical (unpaired) electrons. The molecule has 0 fully saturated rings. The van der Waals surface area contributed by atoms with Crippen LogP contribution in [-0.4, -0.2) is 18.0 Å². The van der Waals surface area contributed by atoms with E-state index in [1.165, 1.54) is 6.21 Å². The number of hydrazone groups is 1. The van der Waals surface area contributed by atoms with Crippen LogP contribution in [0.1, 0.15) is 11.1 Å². The molecule has 0 spiro atoms. The zero-order chi connectivity index (χ0) is 20.5. The van der Waals surface area contributed by atoms with Crippen LogP contribution < -0.4 is 15.5 Å². The minimum Gasteiger partial charge on any atom is -0.488 e. The SMILES string of the molecule is O=C(N/N=C\c1ccccc1OCc1ccccc1)C(=O)Nc1ccc(Br)cc1. The summed E-state index contributed by atoms with van der Waals surface area (Å²) in [6.45, 7) is 0.410. The van der Waals surface area contributed by atoms with Gasteiger partial charge in [-0.1, -0.05) is 58.4 Å². The molecule has 7 heteroatoms. The minimum atomic E-state index is -0.869. The lowest BCUT2D eigenvalue weighted by Crippen LogP contribution is -2.32. The van der Waals surface area contributed by atoms with Gasteiger partial charge in [-0.15, -0.1) is 0 Å². The summed E-state index contributed by atoms with van der Waals surface area (Å²) in [6.07, 6.45) is 1.44. The van der Waals surface area contributed by atoms with Crippen LogP contribution in [0.4, 0.5) is 5.69 Å². The molecular formula is C22H18BrN3O3. The summed E-state index contributed by atoms with van der Waals surface area (Å²) < 4.78 is 6.70. The van der Waals surface area contributed by atoms with Gasteiger partial charge in [-0.25, -0.2) is 5.43 Å². The van der Waals surface area contributed by atoms with Crippen molar-refractivity contribution in [3.05, 3.63) is 94.5 Å². The van der Waals surface area contributed by atoms with E-state index in [-0.39, 0.29) is 0 Å². The summed E-state index contributed by atoms with van der Waals surface area (Å²) in [7, 11) is 0. The molecule has 29 heavy (non-hydrogen) atoms. The van der Waals surface area contributed by atoms with Crippen molar-refractivity contribution in [2.75, 3.05) is 5.32 Å². The fraction of sp³-hybridized carbons (Fsp3) is 0.0455. The smallest absolute Gasteiger partial charge is 0.329 e. The van der Waals surface area contributed by atoms with Crippen LogP contribution in [0, 0.1) is 0 Å². The van der Waals surface area contributed by atoms with Crippen molar-refractivity contribution in [1.29, 1.82) is 0 Å². The highest BCUT2D eigenvalue weighted by Gasteiger charge is 2.12. The Morgan fingerprint density at radius 1 is 0.897 bits per heavy atom. The average molecular weight is 452 g/mol. The fourth-order valence-electron chi connectivity index (χ4n) is 2.39. The van der Waals surface area contributed by atoms with Crippen molar-refractivity contribution < 1.29 is 14.3 Å². The number of para-hydroxylation sites is 1. The van der Waals surface area contributed by atoms with Gasteiger partial charge >= 0.3 is 11.8 Å². The highest BCUT2D eigenvalue weighted by molar-refractivity contribution is 9.10. The number of nitrogens with one attached hydrogen (secondary N) is 2. The molecule has 3 rings (SSSR count). The summed E-state index contributed by atoms with van der Waals surface area (Å²) in [5.74, 6) is -1.06. The Morgan fingerprint density at radius 3 is 2.34 bits per heavy atom. The monoisotopic (exact) mass is 451 g/mol. The van der Waals surface area contributed by atoms with Gasteiger partial charge < -0.3 is 10.1 Å². The molecule has 0 heterocycles. The van der Waals surface area contributed by atoms with E-state index < -0.39 is 11.8 Å². The summed E-state index contributed by atoms with van der Waals surface area (Å²) in [6, 6.07) is 24.0. The first-order valence-corrected chi connectivity index (χ1v) is 9.57. The Hall–Kier alpha value is -3.45. The van der Waals surface area contributed by atoms with E-state index in [4.69, 9.17) is 4.74 Å². The Kier molecular flexibility index (Phi) is 7.13. The lowest BCUT2D eigenvalue weighted by Gasteiger charge is -2.09. The molecule has 0 aliphatic carbocycles. The van der Waals surface area contributed by atoms with Crippen molar-refractivity contribution in [1.82, 2.24) is 5.43 Å². The van der Waals surface area contributed by atoms with Gasteiger partial charge in [0.1, 0.15) is 12.4 Å². The number of ether oxygens (including phenoxy) is 1. The number of anilines is 1. The van der Waals surface area contributed by atoms with Gasteiger partial charge in [-0.05, 0) is 42.0 Å². The Labute approximate surface area is 176 Å². The molecule has 6 nitrogen and oxygen atoms in total. The normalized spacial score (nSPS) is 10.5. The molecule has 146 valence electrons. The number of carbonyl (C=O) groups excluding carboxylic acids is 2. The number of hydrogen-bond acceptors (Lipinski definition) is 4. The number of benzene rings is 3. The van der Waals surface area contributed by atoms with Crippen molar-refractivity contribution in [2.24, 2.45) is 5.10 Å². The quantitative estimate of drug-likeness (QED) is 0.336. The van der Waals surface area contributed by atoms with Crippen LogP contribution >= 0.6 is 15.9 Å². The molecule has 2 amide bonds. The summed E-state index contributed by atoms with van der Waals surface area (Å²) in [4.78, 5) is 23.9. The van der Waals surface area contributed by atoms with Crippen LogP contribution in [0.3, 0.4) is 0 Å². The molecule has 0 atom stereocenters. The van der Waals surface area contributed by atoms with Gasteiger partial charge in [0.15, 0.2) is 0 Å². The Balaban J connectivity index is 1.56. The Morgan fingerprint density at radius 2 is 1.59 bits per heavy atom. The summed E-state index contributed by atoms with van der Waals surface area (Å²) >= 11 is 3.31. The minimum absolute atomic E-state index is 0.410. The van der Waals surface area contributed by atoms with Crippen LogP contribution in [0.15, 0.2) is 88.4 Å². The lowest BCUT2D eigenvalue weighted by molar-refractivity contribution is -0.136. The molecule has 0 aliphatic heterocycles. The van der Waals surface area contributed by atoms with Crippen LogP contribution in [0.25, 0.3) is 0 Å². The van der Waals surface area contributed by atoms with Crippen molar-refractivity contribution in [3.63, 3.8) is 0 Å². The maximum absolute atomic E-state index is 11.9. The van der Waals surface area contributed by atoms with E-state index in [1.54, 1.807) is 30.3 Å².